The van der Waals surface area contributed by atoms with E-state index in [-0.39, 0.29) is 96.7 Å². The number of thiazole rings is 1. The van der Waals surface area contributed by atoms with Crippen LogP contribution in [-0.4, -0.2) is 121 Å². The number of Topliss-reactive ketones (excluding diaryl/α,β-unsaturated/α-hetero) is 1. The number of carbonyl (C=O) groups is 4. The van der Waals surface area contributed by atoms with E-state index in [0.717, 1.165) is 81.3 Å². The first kappa shape index (κ1) is 60.1. The van der Waals surface area contributed by atoms with Crippen LogP contribution >= 0.6 is 11.3 Å². The third kappa shape index (κ3) is 21.7. The third-order valence-corrected chi connectivity index (χ3v) is 14.3. The molecule has 1 fully saturated rings. The summed E-state index contributed by atoms with van der Waals surface area (Å²) in [5.41, 5.74) is 6.98. The monoisotopic (exact) mass is 971 g/mol. The van der Waals surface area contributed by atoms with E-state index < -0.39 is 0 Å². The van der Waals surface area contributed by atoms with Gasteiger partial charge in [-0.25, -0.2) is 4.98 Å². The van der Waals surface area contributed by atoms with Crippen LogP contribution < -0.4 is 16.4 Å². The van der Waals surface area contributed by atoms with Gasteiger partial charge in [-0.3, -0.25) is 24.1 Å². The van der Waals surface area contributed by atoms with E-state index in [1.165, 1.54) is 37.0 Å². The summed E-state index contributed by atoms with van der Waals surface area (Å²) in [5, 5.41) is 19.4. The highest BCUT2D eigenvalue weighted by atomic mass is 32.1. The molecule has 6 atom stereocenters. The zero-order chi connectivity index (χ0) is 50.4. The Balaban J connectivity index is 0.00000514. The lowest BCUT2D eigenvalue weighted by atomic mass is 9.82. The van der Waals surface area contributed by atoms with E-state index >= 15 is 0 Å². The number of likely N-dealkylation sites (N-methyl/N-ethyl adjacent to an activating group) is 1. The molecule has 384 valence electrons. The molecular formula is C52H86N6O9S. The van der Waals surface area contributed by atoms with Gasteiger partial charge in [0.15, 0.2) is 5.78 Å². The van der Waals surface area contributed by atoms with Gasteiger partial charge in [-0.05, 0) is 81.6 Å². The predicted octanol–water partition coefficient (Wildman–Crippen LogP) is 8.54. The first-order chi connectivity index (χ1) is 32.6. The van der Waals surface area contributed by atoms with Crippen LogP contribution in [0.15, 0.2) is 23.6 Å². The molecule has 1 aliphatic rings. The molecular weight excluding hydrogens is 885 g/mol. The zero-order valence-electron chi connectivity index (χ0n) is 42.7. The smallest absolute Gasteiger partial charge is 0.373 e. The average Bonchev–Trinajstić information content (AvgIpc) is 3.81. The number of benzene rings is 1. The first-order valence-electron chi connectivity index (χ1n) is 25.4. The molecule has 1 aromatic heterocycles. The third-order valence-electron chi connectivity index (χ3n) is 13.3. The van der Waals surface area contributed by atoms with Crippen molar-refractivity contribution < 1.29 is 43.3 Å². The van der Waals surface area contributed by atoms with Crippen molar-refractivity contribution in [1.29, 1.82) is 0 Å². The molecule has 2 aromatic rings. The number of hydrogen-bond donors (Lipinski definition) is 4. The number of amides is 3. The van der Waals surface area contributed by atoms with Crippen molar-refractivity contribution in [1.82, 2.24) is 20.1 Å². The van der Waals surface area contributed by atoms with Crippen LogP contribution in [-0.2, 0) is 39.9 Å². The van der Waals surface area contributed by atoms with Crippen molar-refractivity contribution in [3.63, 3.8) is 0 Å². The van der Waals surface area contributed by atoms with E-state index in [9.17, 15) is 24.3 Å². The first-order valence-corrected chi connectivity index (χ1v) is 26.3. The molecule has 3 amide bonds. The minimum absolute atomic E-state index is 0.0387. The van der Waals surface area contributed by atoms with E-state index in [4.69, 9.17) is 29.8 Å². The SMILES string of the molecule is CCCCCCCC[C@H](C[C@H](C(C)C)N(C)C(=O)[C@@H](CC(=O)[C@H]1CCCCN1C)[C@@H](C)CC)c1nc(C(=O)N[C@H](CCC)Cc2ccc(O)c(NC(=O)CCOCCOCCN)c2)cs1.O=C=O. The van der Waals surface area contributed by atoms with E-state index in [1.54, 1.807) is 12.1 Å². The molecule has 3 rings (SSSR count). The number of aromatic nitrogens is 1. The Morgan fingerprint density at radius 3 is 2.31 bits per heavy atom. The summed E-state index contributed by atoms with van der Waals surface area (Å²) in [5.74, 6) is -0.365. The second-order valence-electron chi connectivity index (χ2n) is 18.9. The van der Waals surface area contributed by atoms with Gasteiger partial charge in [0.1, 0.15) is 11.4 Å². The van der Waals surface area contributed by atoms with Crippen LogP contribution in [0.1, 0.15) is 171 Å². The minimum atomic E-state index is -0.368. The molecule has 68 heavy (non-hydrogen) atoms. The second-order valence-corrected chi connectivity index (χ2v) is 19.8. The normalized spacial score (nSPS) is 16.1. The van der Waals surface area contributed by atoms with Gasteiger partial charge in [-0.1, -0.05) is 105 Å². The number of unbranched alkanes of at least 4 members (excludes halogenated alkanes) is 5. The summed E-state index contributed by atoms with van der Waals surface area (Å²) in [6, 6.07) is 4.74. The fourth-order valence-corrected chi connectivity index (χ4v) is 10.00. The molecule has 0 radical (unpaired) electrons. The van der Waals surface area contributed by atoms with Gasteiger partial charge in [0, 0.05) is 49.3 Å². The highest BCUT2D eigenvalue weighted by Crippen LogP contribution is 2.35. The molecule has 15 nitrogen and oxygen atoms in total. The van der Waals surface area contributed by atoms with Crippen molar-refractivity contribution in [3.8, 4) is 5.75 Å². The van der Waals surface area contributed by atoms with Crippen LogP contribution in [0.25, 0.3) is 0 Å². The van der Waals surface area contributed by atoms with Crippen LogP contribution in [0.5, 0.6) is 5.75 Å². The minimum Gasteiger partial charge on any atom is -0.506 e. The number of nitrogens with two attached hydrogens (primary N) is 1. The fraction of sp³-hybridized carbons (Fsp3) is 0.731. The van der Waals surface area contributed by atoms with Crippen LogP contribution in [0.4, 0.5) is 5.69 Å². The Morgan fingerprint density at radius 1 is 0.971 bits per heavy atom. The number of piperidine rings is 1. The van der Waals surface area contributed by atoms with Crippen molar-refractivity contribution in [2.75, 3.05) is 58.9 Å². The van der Waals surface area contributed by atoms with Gasteiger partial charge in [0.2, 0.25) is 11.8 Å². The highest BCUT2D eigenvalue weighted by Gasteiger charge is 2.37. The number of nitrogens with zero attached hydrogens (tertiary/aromatic N) is 3. The van der Waals surface area contributed by atoms with Gasteiger partial charge < -0.3 is 35.8 Å². The summed E-state index contributed by atoms with van der Waals surface area (Å²) in [6.45, 7) is 15.7. The summed E-state index contributed by atoms with van der Waals surface area (Å²) in [4.78, 5) is 80.3. The molecule has 0 aliphatic carbocycles. The van der Waals surface area contributed by atoms with Crippen molar-refractivity contribution in [2.24, 2.45) is 23.5 Å². The number of anilines is 1. The van der Waals surface area contributed by atoms with Crippen LogP contribution in [0.2, 0.25) is 0 Å². The maximum Gasteiger partial charge on any atom is 0.373 e. The molecule has 16 heteroatoms. The van der Waals surface area contributed by atoms with Gasteiger partial charge in [0.25, 0.3) is 5.91 Å². The molecule has 0 spiro atoms. The number of aromatic hydroxyl groups is 1. The summed E-state index contributed by atoms with van der Waals surface area (Å²) < 4.78 is 10.8. The molecule has 5 N–H and O–H groups in total. The number of carbonyl (C=O) groups excluding carboxylic acids is 6. The summed E-state index contributed by atoms with van der Waals surface area (Å²) in [6.07, 6.45) is 15.2. The lowest BCUT2D eigenvalue weighted by Gasteiger charge is -2.38. The standard InChI is InChI=1S/C51H86N6O7S.CO2/c1-9-12-13-14-15-16-20-39(33-45(36(4)5)57(8)51(62)41(37(6)11-3)34-47(59)44-21-17-18-26-56(44)7)50-55-43(35-65-50)49(61)53-40(19-10-2)31-38-22-23-46(58)42(32-38)54-48(60)24-27-63-29-30-64-28-25-52;2-1-3/h22-23,32,35-37,39-41,44-45,58H,9-21,24-31,33-34,52H2,1-8H3,(H,53,61)(H,54,60);/t37-,39+,40+,41-,44+,45+;/m0./s1. The highest BCUT2D eigenvalue weighted by molar-refractivity contribution is 7.09. The van der Waals surface area contributed by atoms with Crippen molar-refractivity contribution in [3.05, 3.63) is 39.8 Å². The summed E-state index contributed by atoms with van der Waals surface area (Å²) in [7, 11) is 3.96. The van der Waals surface area contributed by atoms with Gasteiger partial charge in [-0.2, -0.15) is 9.59 Å². The lowest BCUT2D eigenvalue weighted by Crippen LogP contribution is -2.48. The van der Waals surface area contributed by atoms with E-state index in [0.29, 0.717) is 44.2 Å². The fourth-order valence-electron chi connectivity index (χ4n) is 9.05. The van der Waals surface area contributed by atoms with Gasteiger partial charge in [-0.15, -0.1) is 11.3 Å². The molecule has 0 unspecified atom stereocenters. The number of ether oxygens (including phenoxy) is 2. The van der Waals surface area contributed by atoms with E-state index in [2.05, 4.69) is 57.1 Å². The molecule has 1 aliphatic heterocycles. The molecule has 1 aromatic carbocycles. The molecule has 0 saturated carbocycles. The van der Waals surface area contributed by atoms with Crippen LogP contribution in [0.3, 0.4) is 0 Å². The Kier molecular flexibility index (Phi) is 30.3. The molecule has 1 saturated heterocycles. The number of phenols is 1. The molecule has 2 heterocycles. The maximum atomic E-state index is 14.6. The number of rotatable bonds is 33. The molecule has 0 bridgehead atoms. The lowest BCUT2D eigenvalue weighted by molar-refractivity contribution is -0.191. The van der Waals surface area contributed by atoms with Gasteiger partial charge >= 0.3 is 6.15 Å². The van der Waals surface area contributed by atoms with Crippen molar-refractivity contribution >= 4 is 46.7 Å². The zero-order valence-corrected chi connectivity index (χ0v) is 43.5. The van der Waals surface area contributed by atoms with Crippen molar-refractivity contribution in [2.45, 2.75) is 175 Å². The Bertz CT molecular complexity index is 1800. The Hall–Kier alpha value is -4.05. The number of likely N-dealkylation sites (tertiary alicyclic amines) is 1. The van der Waals surface area contributed by atoms with E-state index in [1.807, 2.05) is 30.4 Å². The average molecular weight is 971 g/mol. The van der Waals surface area contributed by atoms with Gasteiger partial charge in [0.05, 0.1) is 49.6 Å². The van der Waals surface area contributed by atoms with Crippen LogP contribution in [0, 0.1) is 17.8 Å². The number of hydrogen-bond acceptors (Lipinski definition) is 13. The predicted molar refractivity (Wildman–Crippen MR) is 269 cm³/mol. The number of phenolic OH excluding ortho intramolecular Hbond substituents is 1. The number of ketones is 1. The largest absolute Gasteiger partial charge is 0.506 e. The Morgan fingerprint density at radius 2 is 1.66 bits per heavy atom. The topological polar surface area (TPSA) is 211 Å². The maximum absolute atomic E-state index is 14.6. The number of nitrogens with one attached hydrogen (secondary N) is 2. The Labute approximate surface area is 411 Å². The quantitative estimate of drug-likeness (QED) is 0.0392. The summed E-state index contributed by atoms with van der Waals surface area (Å²) >= 11 is 1.52. The second kappa shape index (κ2) is 34.3.